The molecule has 4 saturated carbocycles. The zero-order valence-corrected chi connectivity index (χ0v) is 74.1. The van der Waals surface area contributed by atoms with E-state index in [0.29, 0.717) is 53.1 Å². The van der Waals surface area contributed by atoms with Crippen molar-refractivity contribution in [3.05, 3.63) is 235 Å². The Hall–Kier alpha value is -8.00. The van der Waals surface area contributed by atoms with Gasteiger partial charge in [0.2, 0.25) is 0 Å². The SMILES string of the molecule is CCCCC[C@H]1c2cc(c(OC3CCCC3)c3c2OCN([C@H](C)c2ccccc2)C3)[C@@H](CCCCC)c2cc(c(OC3CCCC3)c3c2OCN([C@H](C)c2ccccc2)C3)[C@@H](CCCCC)c2cc(c(OC3CCCC3)c3c2OCN([C@H](C)c2ccccc2)C3)[C@@H](CCCCC)c2cc1c(OC1CCCC1)c1c2OCN([C@H](C)c2ccccc2)C1. The van der Waals surface area contributed by atoms with Gasteiger partial charge < -0.3 is 37.9 Å². The van der Waals surface area contributed by atoms with Crippen LogP contribution in [-0.4, -0.2) is 70.9 Å². The molecule has 8 atom stereocenters. The van der Waals surface area contributed by atoms with Gasteiger partial charge in [-0.2, -0.15) is 0 Å². The van der Waals surface area contributed by atoms with Crippen molar-refractivity contribution in [3.8, 4) is 46.0 Å². The highest BCUT2D eigenvalue weighted by Crippen LogP contribution is 2.61. The van der Waals surface area contributed by atoms with Crippen molar-refractivity contribution in [3.63, 3.8) is 0 Å². The highest BCUT2D eigenvalue weighted by Gasteiger charge is 2.46. The molecular formula is C108H140N4O8. The molecular weight excluding hydrogens is 1480 g/mol. The maximum Gasteiger partial charge on any atom is 0.142 e. The van der Waals surface area contributed by atoms with Gasteiger partial charge in [0.25, 0.3) is 0 Å². The van der Waals surface area contributed by atoms with Crippen LogP contribution in [0.4, 0.5) is 0 Å². The van der Waals surface area contributed by atoms with Gasteiger partial charge in [-0.3, -0.25) is 19.6 Å². The predicted octanol–water partition coefficient (Wildman–Crippen LogP) is 27.8. The largest absolute Gasteiger partial charge is 0.490 e. The molecule has 12 heteroatoms. The Morgan fingerprint density at radius 1 is 0.275 bits per heavy atom. The molecule has 8 aromatic carbocycles. The highest BCUT2D eigenvalue weighted by atomic mass is 16.5. The molecule has 0 unspecified atom stereocenters. The van der Waals surface area contributed by atoms with Gasteiger partial charge in [0.1, 0.15) is 72.9 Å². The molecule has 17 rings (SSSR count). The Morgan fingerprint density at radius 3 is 0.667 bits per heavy atom. The average Bonchev–Trinajstić information content (AvgIpc) is 0.925. The summed E-state index contributed by atoms with van der Waals surface area (Å²) in [6.07, 6.45) is 34.1. The molecule has 5 aliphatic carbocycles. The molecule has 0 radical (unpaired) electrons. The highest BCUT2D eigenvalue weighted by molar-refractivity contribution is 5.70. The molecule has 0 saturated heterocycles. The Balaban J connectivity index is 1.04. The smallest absolute Gasteiger partial charge is 0.142 e. The Kier molecular flexibility index (Phi) is 27.8. The van der Waals surface area contributed by atoms with Crippen LogP contribution in [0.3, 0.4) is 0 Å². The van der Waals surface area contributed by atoms with E-state index in [9.17, 15) is 0 Å². The lowest BCUT2D eigenvalue weighted by atomic mass is 9.74. The van der Waals surface area contributed by atoms with Crippen molar-refractivity contribution in [1.82, 2.24) is 19.6 Å². The summed E-state index contributed by atoms with van der Waals surface area (Å²) in [5.41, 5.74) is 20.0. The fourth-order valence-electron chi connectivity index (χ4n) is 22.2. The van der Waals surface area contributed by atoms with Crippen LogP contribution in [0.25, 0.3) is 0 Å². The first kappa shape index (κ1) is 84.2. The lowest BCUT2D eigenvalue weighted by molar-refractivity contribution is 0.0562. The molecule has 640 valence electrons. The van der Waals surface area contributed by atoms with Gasteiger partial charge in [0.15, 0.2) is 0 Å². The normalized spacial score (nSPS) is 21.6. The minimum atomic E-state index is -0.167. The van der Waals surface area contributed by atoms with E-state index in [2.05, 4.69) is 221 Å². The second kappa shape index (κ2) is 39.7. The van der Waals surface area contributed by atoms with Crippen LogP contribution in [0.2, 0.25) is 0 Å². The molecule has 8 aromatic rings. The molecule has 0 N–H and O–H groups in total. The molecule has 12 nitrogen and oxygen atoms in total. The number of rotatable bonds is 32. The average molecular weight is 1620 g/mol. The van der Waals surface area contributed by atoms with Gasteiger partial charge in [0.05, 0.1) is 46.7 Å². The summed E-state index contributed by atoms with van der Waals surface area (Å²) in [6, 6.07) is 55.8. The van der Waals surface area contributed by atoms with Crippen molar-refractivity contribution in [2.75, 3.05) is 26.9 Å². The fourth-order valence-corrected chi connectivity index (χ4v) is 22.2. The summed E-state index contributed by atoms with van der Waals surface area (Å²) in [4.78, 5) is 10.4. The van der Waals surface area contributed by atoms with E-state index in [0.717, 1.165) is 251 Å². The zero-order valence-electron chi connectivity index (χ0n) is 74.1. The van der Waals surface area contributed by atoms with Crippen molar-refractivity contribution in [1.29, 1.82) is 0 Å². The number of unbranched alkanes of at least 4 members (excludes halogenated alkanes) is 8. The molecule has 0 amide bonds. The summed E-state index contributed by atoms with van der Waals surface area (Å²) in [5.74, 6) is 7.44. The van der Waals surface area contributed by atoms with Crippen LogP contribution in [-0.2, 0) is 26.2 Å². The maximum atomic E-state index is 8.21. The molecule has 0 spiro atoms. The van der Waals surface area contributed by atoms with Gasteiger partial charge in [-0.15, -0.1) is 0 Å². The maximum absolute atomic E-state index is 8.21. The second-order valence-electron chi connectivity index (χ2n) is 37.5. The van der Waals surface area contributed by atoms with E-state index < -0.39 is 0 Å². The number of nitrogens with zero attached hydrogens (tertiary/aromatic N) is 4. The zero-order chi connectivity index (χ0) is 82.0. The summed E-state index contributed by atoms with van der Waals surface area (Å²) in [5, 5.41) is 0. The van der Waals surface area contributed by atoms with Gasteiger partial charge in [0, 0.05) is 119 Å². The summed E-state index contributed by atoms with van der Waals surface area (Å²) < 4.78 is 64.7. The quantitative estimate of drug-likeness (QED) is 0.0376. The van der Waals surface area contributed by atoms with Crippen LogP contribution in [0.1, 0.15) is 398 Å². The first-order valence-corrected chi connectivity index (χ1v) is 48.2. The molecule has 4 aliphatic heterocycles. The number of hydrogen-bond acceptors (Lipinski definition) is 12. The third kappa shape index (κ3) is 18.2. The first-order chi connectivity index (χ1) is 59.0. The second-order valence-corrected chi connectivity index (χ2v) is 37.5. The monoisotopic (exact) mass is 1620 g/mol. The topological polar surface area (TPSA) is 86.8 Å². The molecule has 4 fully saturated rings. The number of hydrogen-bond donors (Lipinski definition) is 0. The third-order valence-electron chi connectivity index (χ3n) is 29.5. The fraction of sp³-hybridized carbons (Fsp3) is 0.556. The minimum absolute atomic E-state index is 0.0575. The van der Waals surface area contributed by atoms with Crippen LogP contribution >= 0.6 is 0 Å². The molecule has 0 aromatic heterocycles. The van der Waals surface area contributed by atoms with Crippen LogP contribution in [0.15, 0.2) is 146 Å². The Morgan fingerprint density at radius 2 is 0.475 bits per heavy atom. The number of ether oxygens (including phenoxy) is 8. The number of fused-ring (bicyclic) bond motifs is 16. The molecule has 9 aliphatic rings. The van der Waals surface area contributed by atoms with E-state index in [-0.39, 0.29) is 72.3 Å². The van der Waals surface area contributed by atoms with E-state index in [4.69, 9.17) is 37.9 Å². The number of benzene rings is 8. The van der Waals surface area contributed by atoms with Gasteiger partial charge in [-0.05, 0) is 203 Å². The van der Waals surface area contributed by atoms with Crippen molar-refractivity contribution in [2.45, 2.75) is 359 Å². The van der Waals surface area contributed by atoms with E-state index >= 15 is 0 Å². The lowest BCUT2D eigenvalue weighted by Crippen LogP contribution is -2.36. The van der Waals surface area contributed by atoms with E-state index in [1.807, 2.05) is 0 Å². The summed E-state index contributed by atoms with van der Waals surface area (Å²) in [6.45, 7) is 23.6. The molecule has 120 heavy (non-hydrogen) atoms. The minimum Gasteiger partial charge on any atom is -0.490 e. The van der Waals surface area contributed by atoms with Gasteiger partial charge in [-0.25, -0.2) is 0 Å². The van der Waals surface area contributed by atoms with Gasteiger partial charge in [-0.1, -0.05) is 226 Å². The molecule has 4 heterocycles. The van der Waals surface area contributed by atoms with Crippen LogP contribution in [0, 0.1) is 0 Å². The third-order valence-corrected chi connectivity index (χ3v) is 29.5. The van der Waals surface area contributed by atoms with Gasteiger partial charge >= 0.3 is 0 Å². The van der Waals surface area contributed by atoms with Crippen molar-refractivity contribution < 1.29 is 37.9 Å². The van der Waals surface area contributed by atoms with E-state index in [1.165, 1.54) is 89.0 Å². The first-order valence-electron chi connectivity index (χ1n) is 48.2. The summed E-state index contributed by atoms with van der Waals surface area (Å²) >= 11 is 0. The Bertz CT molecular complexity index is 4080. The van der Waals surface area contributed by atoms with Crippen molar-refractivity contribution in [2.24, 2.45) is 0 Å². The lowest BCUT2D eigenvalue weighted by Gasteiger charge is -2.41. The van der Waals surface area contributed by atoms with E-state index in [1.54, 1.807) is 0 Å². The standard InChI is InChI=1S/C108H140N4O8/c1-9-13-21-57-85-89-61-94(106(118-82-51-35-36-52-82)97-65-109(69-113-101(89)97)73(5)77-41-25-17-26-42-77)87(59-23-15-11-3)91-63-96(108(120-84-55-39-40-56-84)99-67-111(71-115-103(91)99)75(7)79-45-29-19-30-46-79)88(60-24-16-12-4)92-64-95(107(119-83-53-37-38-54-83)100-68-112(72-116-104(92)100)76(8)80-47-31-20-32-48-80)86(58-22-14-10-2)90-62-93(85)105(117-81-49-33-34-50-81)98-66-110(70-114-102(90)98)74(6)78-43-27-18-28-44-78/h17-20,25-32,41-48,61-64,73-76,81-88H,9-16,21-24,33-40,49-60,65-72H2,1-8H3/t73-,74-,75-,76-,85+,86+,87+,88+/m1/s1. The van der Waals surface area contributed by atoms with Crippen molar-refractivity contribution >= 4 is 0 Å². The predicted molar refractivity (Wildman–Crippen MR) is 485 cm³/mol. The van der Waals surface area contributed by atoms with Crippen LogP contribution in [0.5, 0.6) is 46.0 Å². The molecule has 8 bridgehead atoms. The Labute approximate surface area is 720 Å². The van der Waals surface area contributed by atoms with Crippen LogP contribution < -0.4 is 37.9 Å². The summed E-state index contributed by atoms with van der Waals surface area (Å²) in [7, 11) is 0.